The molecule has 0 radical (unpaired) electrons. The van der Waals surface area contributed by atoms with Gasteiger partial charge in [0.25, 0.3) is 5.91 Å². The number of nitrogens with one attached hydrogen (secondary N) is 2. The minimum atomic E-state index is -1.50. The first kappa shape index (κ1) is 35.8. The number of aliphatic hydroxyl groups is 1. The van der Waals surface area contributed by atoms with Crippen LogP contribution in [-0.4, -0.2) is 75.3 Å². The average molecular weight is 603 g/mol. The van der Waals surface area contributed by atoms with E-state index in [0.29, 0.717) is 18.4 Å². The molecular formula is C32H50N4O7. The van der Waals surface area contributed by atoms with Gasteiger partial charge in [0.1, 0.15) is 11.6 Å². The van der Waals surface area contributed by atoms with Crippen molar-refractivity contribution in [2.45, 2.75) is 111 Å². The Bertz CT molecular complexity index is 1240. The monoisotopic (exact) mass is 602 g/mol. The number of amides is 3. The number of H-pyrrole nitrogens is 1. The van der Waals surface area contributed by atoms with Crippen LogP contribution in [0.5, 0.6) is 0 Å². The van der Waals surface area contributed by atoms with Gasteiger partial charge in [0.15, 0.2) is 0 Å². The average Bonchev–Trinajstić information content (AvgIpc) is 3.35. The molecule has 1 aromatic carbocycles. The molecule has 3 amide bonds. The second-order valence-corrected chi connectivity index (χ2v) is 12.2. The summed E-state index contributed by atoms with van der Waals surface area (Å²) in [5.74, 6) is -2.50. The molecule has 43 heavy (non-hydrogen) atoms. The molecule has 0 aliphatic carbocycles. The maximum absolute atomic E-state index is 14.5. The molecule has 5 N–H and O–H groups in total. The van der Waals surface area contributed by atoms with Crippen molar-refractivity contribution in [1.82, 2.24) is 15.2 Å². The van der Waals surface area contributed by atoms with Crippen molar-refractivity contribution in [3.8, 4) is 0 Å². The topological polar surface area (TPSA) is 164 Å². The molecule has 1 heterocycles. The van der Waals surface area contributed by atoms with E-state index in [2.05, 4.69) is 10.3 Å². The van der Waals surface area contributed by atoms with E-state index >= 15 is 0 Å². The van der Waals surface area contributed by atoms with Gasteiger partial charge in [0.05, 0.1) is 31.2 Å². The number of rotatable bonds is 14. The number of nitrogens with zero attached hydrogens (tertiary/aromatic N) is 1. The van der Waals surface area contributed by atoms with Crippen LogP contribution in [0.2, 0.25) is 0 Å². The summed E-state index contributed by atoms with van der Waals surface area (Å²) in [4.78, 5) is 58.0. The molecule has 2 aromatic rings. The fraction of sp³-hybridized carbons (Fsp3) is 0.625. The van der Waals surface area contributed by atoms with Gasteiger partial charge >= 0.3 is 12.1 Å². The van der Waals surface area contributed by atoms with Crippen molar-refractivity contribution in [1.29, 1.82) is 0 Å². The maximum Gasteiger partial charge on any atom is 0.417 e. The molecule has 240 valence electrons. The van der Waals surface area contributed by atoms with Crippen molar-refractivity contribution in [2.75, 3.05) is 6.61 Å². The van der Waals surface area contributed by atoms with Gasteiger partial charge in [-0.05, 0) is 57.6 Å². The van der Waals surface area contributed by atoms with Gasteiger partial charge in [-0.15, -0.1) is 0 Å². The van der Waals surface area contributed by atoms with Crippen molar-refractivity contribution in [3.63, 3.8) is 0 Å². The largest absolute Gasteiger partial charge is 0.466 e. The Morgan fingerprint density at radius 3 is 2.26 bits per heavy atom. The minimum absolute atomic E-state index is 0.00310. The van der Waals surface area contributed by atoms with E-state index in [9.17, 15) is 24.3 Å². The molecular weight excluding hydrogens is 552 g/mol. The number of para-hydroxylation sites is 1. The summed E-state index contributed by atoms with van der Waals surface area (Å²) in [6.45, 7) is 14.2. The molecule has 0 aliphatic rings. The zero-order chi connectivity index (χ0) is 32.5. The zero-order valence-electron chi connectivity index (χ0n) is 26.8. The number of fused-ring (bicyclic) bond motifs is 1. The van der Waals surface area contributed by atoms with E-state index in [1.54, 1.807) is 40.8 Å². The highest BCUT2D eigenvalue weighted by Gasteiger charge is 2.43. The summed E-state index contributed by atoms with van der Waals surface area (Å²) in [5, 5.41) is 15.1. The minimum Gasteiger partial charge on any atom is -0.466 e. The molecule has 11 nitrogen and oxygen atoms in total. The van der Waals surface area contributed by atoms with Gasteiger partial charge < -0.3 is 30.6 Å². The maximum atomic E-state index is 14.5. The number of aromatic amines is 1. The lowest BCUT2D eigenvalue weighted by molar-refractivity contribution is -0.149. The first-order valence-electron chi connectivity index (χ1n) is 15.2. The third-order valence-corrected chi connectivity index (χ3v) is 7.73. The van der Waals surface area contributed by atoms with Gasteiger partial charge in [-0.25, -0.2) is 9.69 Å². The number of hydrogen-bond acceptors (Lipinski definition) is 8. The normalized spacial score (nSPS) is 16.0. The lowest BCUT2D eigenvalue weighted by Crippen LogP contribution is -2.61. The van der Waals surface area contributed by atoms with Crippen LogP contribution in [-0.2, 0) is 30.3 Å². The fourth-order valence-electron chi connectivity index (χ4n) is 4.75. The van der Waals surface area contributed by atoms with Crippen LogP contribution in [0.15, 0.2) is 30.5 Å². The molecule has 1 aromatic heterocycles. The summed E-state index contributed by atoms with van der Waals surface area (Å²) in [5.41, 5.74) is 6.75. The van der Waals surface area contributed by atoms with Gasteiger partial charge in [0, 0.05) is 17.1 Å². The SMILES string of the molecule is CCOC(=O)CC(O)[C@H](Cc1c[nH]c2ccccc12)N(C(=O)OC(C)(C)C)C(=O)[C@@H](NC(=O)[C@@H](N)[C@@H](C)CC)[C@@H](C)CC. The van der Waals surface area contributed by atoms with E-state index in [1.165, 1.54) is 0 Å². The standard InChI is InChI=1S/C32H50N4O7/c1-9-19(4)27(33)29(39)35-28(20(5)10-2)30(40)36(31(41)43-32(6,7)8)24(25(37)17-26(38)42-11-3)16-21-18-34-23-15-13-12-14-22(21)23/h12-15,18-20,24-25,27-28,34,37H,9-11,16-17,33H2,1-8H3,(H,35,39)/t19-,20-,24-,25?,27-,28-/m0/s1. The van der Waals surface area contributed by atoms with Crippen LogP contribution in [0.4, 0.5) is 4.79 Å². The first-order chi connectivity index (χ1) is 20.1. The number of benzene rings is 1. The predicted octanol–water partition coefficient (Wildman–Crippen LogP) is 4.06. The molecule has 2 rings (SSSR count). The Hall–Kier alpha value is -3.44. The summed E-state index contributed by atoms with van der Waals surface area (Å²) in [6, 6.07) is 4.24. The molecule has 11 heteroatoms. The Balaban J connectivity index is 2.66. The number of carbonyl (C=O) groups is 4. The summed E-state index contributed by atoms with van der Waals surface area (Å²) in [6.07, 6.45) is -0.0659. The summed E-state index contributed by atoms with van der Waals surface area (Å²) in [7, 11) is 0. The van der Waals surface area contributed by atoms with Crippen LogP contribution in [0.25, 0.3) is 10.9 Å². The number of imide groups is 1. The Labute approximate surface area is 254 Å². The number of aliphatic hydroxyl groups excluding tert-OH is 1. The van der Waals surface area contributed by atoms with Crippen LogP contribution < -0.4 is 11.1 Å². The molecule has 0 saturated carbocycles. The van der Waals surface area contributed by atoms with Crippen molar-refractivity contribution in [2.24, 2.45) is 17.6 Å². The smallest absolute Gasteiger partial charge is 0.417 e. The number of aromatic nitrogens is 1. The zero-order valence-corrected chi connectivity index (χ0v) is 26.8. The van der Waals surface area contributed by atoms with Crippen molar-refractivity contribution >= 4 is 34.8 Å². The van der Waals surface area contributed by atoms with Crippen molar-refractivity contribution in [3.05, 3.63) is 36.0 Å². The third-order valence-electron chi connectivity index (χ3n) is 7.73. The van der Waals surface area contributed by atoms with Gasteiger partial charge in [-0.3, -0.25) is 14.4 Å². The highest BCUT2D eigenvalue weighted by molar-refractivity contribution is 5.98. The number of ether oxygens (including phenoxy) is 2. The Kier molecular flexibility index (Phi) is 13.2. The number of hydrogen-bond donors (Lipinski definition) is 4. The predicted molar refractivity (Wildman–Crippen MR) is 165 cm³/mol. The molecule has 1 unspecified atom stereocenters. The van der Waals surface area contributed by atoms with E-state index in [1.807, 2.05) is 45.0 Å². The summed E-state index contributed by atoms with van der Waals surface area (Å²) >= 11 is 0. The van der Waals surface area contributed by atoms with E-state index in [4.69, 9.17) is 15.2 Å². The van der Waals surface area contributed by atoms with Gasteiger partial charge in [-0.1, -0.05) is 58.7 Å². The van der Waals surface area contributed by atoms with Gasteiger partial charge in [0.2, 0.25) is 5.91 Å². The molecule has 0 bridgehead atoms. The van der Waals surface area contributed by atoms with E-state index < -0.39 is 66.0 Å². The molecule has 0 aliphatic heterocycles. The molecule has 0 saturated heterocycles. The molecule has 0 fully saturated rings. The Morgan fingerprint density at radius 2 is 1.67 bits per heavy atom. The van der Waals surface area contributed by atoms with Gasteiger partial charge in [-0.2, -0.15) is 0 Å². The van der Waals surface area contributed by atoms with Crippen LogP contribution in [0.1, 0.15) is 80.2 Å². The van der Waals surface area contributed by atoms with Crippen molar-refractivity contribution < 1.29 is 33.8 Å². The van der Waals surface area contributed by atoms with Crippen LogP contribution >= 0.6 is 0 Å². The van der Waals surface area contributed by atoms with Crippen LogP contribution in [0, 0.1) is 11.8 Å². The third kappa shape index (κ3) is 9.79. The van der Waals surface area contributed by atoms with E-state index in [-0.39, 0.29) is 18.9 Å². The number of carbonyl (C=O) groups excluding carboxylic acids is 4. The second kappa shape index (κ2) is 15.9. The lowest BCUT2D eigenvalue weighted by Gasteiger charge is -2.37. The molecule has 0 spiro atoms. The first-order valence-corrected chi connectivity index (χ1v) is 15.2. The number of esters is 1. The second-order valence-electron chi connectivity index (χ2n) is 12.2. The lowest BCUT2D eigenvalue weighted by atomic mass is 9.92. The molecule has 6 atom stereocenters. The highest BCUT2D eigenvalue weighted by atomic mass is 16.6. The Morgan fingerprint density at radius 1 is 1.05 bits per heavy atom. The van der Waals surface area contributed by atoms with E-state index in [0.717, 1.165) is 15.8 Å². The fourth-order valence-corrected chi connectivity index (χ4v) is 4.75. The quantitative estimate of drug-likeness (QED) is 0.235. The number of nitrogens with two attached hydrogens (primary N) is 1. The summed E-state index contributed by atoms with van der Waals surface area (Å²) < 4.78 is 10.7. The van der Waals surface area contributed by atoms with Crippen LogP contribution in [0.3, 0.4) is 0 Å². The highest BCUT2D eigenvalue weighted by Crippen LogP contribution is 2.26.